The first kappa shape index (κ1) is 15.4. The minimum absolute atomic E-state index is 0.270. The zero-order valence-corrected chi connectivity index (χ0v) is 13.3. The fourth-order valence-corrected chi connectivity index (χ4v) is 2.18. The molecule has 0 unspecified atom stereocenters. The molecule has 0 aliphatic carbocycles. The summed E-state index contributed by atoms with van der Waals surface area (Å²) >= 11 is 11.7. The molecule has 0 aliphatic heterocycles. The molecule has 1 aromatic heterocycles. The van der Waals surface area contributed by atoms with E-state index in [1.807, 2.05) is 0 Å². The third kappa shape index (κ3) is 4.25. The minimum atomic E-state index is -0.270. The van der Waals surface area contributed by atoms with E-state index >= 15 is 0 Å². The molecule has 0 aliphatic rings. The van der Waals surface area contributed by atoms with Crippen LogP contribution in [0.5, 0.6) is 0 Å². The van der Waals surface area contributed by atoms with Crippen LogP contribution in [0.3, 0.4) is 0 Å². The zero-order valence-electron chi connectivity index (χ0n) is 11.8. The molecule has 1 heterocycles. The highest BCUT2D eigenvalue weighted by Crippen LogP contribution is 2.19. The lowest BCUT2D eigenvalue weighted by molar-refractivity contribution is 1.12. The van der Waals surface area contributed by atoms with Crippen molar-refractivity contribution in [3.8, 4) is 0 Å². The number of benzene rings is 2. The molecule has 0 bridgehead atoms. The van der Waals surface area contributed by atoms with Crippen LogP contribution in [0.25, 0.3) is 0 Å². The molecule has 3 N–H and O–H groups in total. The van der Waals surface area contributed by atoms with Gasteiger partial charge in [0, 0.05) is 27.5 Å². The highest BCUT2D eigenvalue weighted by atomic mass is 35.5. The summed E-state index contributed by atoms with van der Waals surface area (Å²) in [6, 6.07) is 15.6. The molecule has 2 aromatic carbocycles. The summed E-state index contributed by atoms with van der Waals surface area (Å²) in [4.78, 5) is 18.7. The Hall–Kier alpha value is -2.50. The smallest absolute Gasteiger partial charge is 0.254 e. The highest BCUT2D eigenvalue weighted by molar-refractivity contribution is 6.30. The van der Waals surface area contributed by atoms with Crippen molar-refractivity contribution in [1.29, 1.82) is 0 Å². The lowest BCUT2D eigenvalue weighted by atomic mass is 10.3. The van der Waals surface area contributed by atoms with E-state index in [4.69, 9.17) is 23.2 Å². The maximum Gasteiger partial charge on any atom is 0.254 e. The summed E-state index contributed by atoms with van der Waals surface area (Å²) < 4.78 is 0. The quantitative estimate of drug-likeness (QED) is 0.647. The number of aromatic amines is 1. The van der Waals surface area contributed by atoms with Crippen LogP contribution >= 0.6 is 23.2 Å². The normalized spacial score (nSPS) is 10.3. The van der Waals surface area contributed by atoms with Crippen molar-refractivity contribution in [3.63, 3.8) is 0 Å². The van der Waals surface area contributed by atoms with E-state index in [2.05, 4.69) is 20.6 Å². The fourth-order valence-electron chi connectivity index (χ4n) is 1.93. The van der Waals surface area contributed by atoms with Crippen LogP contribution in [0, 0.1) is 0 Å². The van der Waals surface area contributed by atoms with Crippen LogP contribution in [-0.2, 0) is 0 Å². The number of hydrogen-bond donors (Lipinski definition) is 3. The van der Waals surface area contributed by atoms with Gasteiger partial charge in [0.25, 0.3) is 5.56 Å². The zero-order chi connectivity index (χ0) is 16.2. The molecule has 7 heteroatoms. The van der Waals surface area contributed by atoms with Crippen molar-refractivity contribution in [3.05, 3.63) is 75.0 Å². The van der Waals surface area contributed by atoms with Gasteiger partial charge in [-0.2, -0.15) is 4.98 Å². The molecule has 0 spiro atoms. The second kappa shape index (κ2) is 6.73. The number of aromatic nitrogens is 2. The Balaban J connectivity index is 1.82. The van der Waals surface area contributed by atoms with Crippen molar-refractivity contribution in [2.75, 3.05) is 10.6 Å². The average molecular weight is 347 g/mol. The summed E-state index contributed by atoms with van der Waals surface area (Å²) in [6.07, 6.45) is 0. The predicted octanol–water partition coefficient (Wildman–Crippen LogP) is 4.56. The van der Waals surface area contributed by atoms with Crippen molar-refractivity contribution in [2.45, 2.75) is 0 Å². The number of halogens is 2. The highest BCUT2D eigenvalue weighted by Gasteiger charge is 2.03. The van der Waals surface area contributed by atoms with Crippen molar-refractivity contribution in [2.24, 2.45) is 0 Å². The minimum Gasteiger partial charge on any atom is -0.340 e. The van der Waals surface area contributed by atoms with Crippen LogP contribution in [-0.4, -0.2) is 9.97 Å². The number of anilines is 4. The molecular formula is C16H12Cl2N4O. The van der Waals surface area contributed by atoms with Crippen molar-refractivity contribution < 1.29 is 0 Å². The Morgan fingerprint density at radius 1 is 0.826 bits per heavy atom. The Morgan fingerprint density at radius 2 is 1.35 bits per heavy atom. The Morgan fingerprint density at radius 3 is 1.91 bits per heavy atom. The molecule has 0 fully saturated rings. The fraction of sp³-hybridized carbons (Fsp3) is 0. The average Bonchev–Trinajstić information content (AvgIpc) is 2.51. The summed E-state index contributed by atoms with van der Waals surface area (Å²) in [5.41, 5.74) is 1.28. The van der Waals surface area contributed by atoms with Gasteiger partial charge in [-0.05, 0) is 48.5 Å². The first-order valence-corrected chi connectivity index (χ1v) is 7.51. The van der Waals surface area contributed by atoms with Crippen LogP contribution < -0.4 is 16.2 Å². The summed E-state index contributed by atoms with van der Waals surface area (Å²) in [6.45, 7) is 0. The van der Waals surface area contributed by atoms with Gasteiger partial charge in [0.05, 0.1) is 0 Å². The van der Waals surface area contributed by atoms with Gasteiger partial charge in [0.15, 0.2) is 0 Å². The van der Waals surface area contributed by atoms with E-state index < -0.39 is 0 Å². The Labute approximate surface area is 142 Å². The molecule has 3 aromatic rings. The molecule has 0 atom stereocenters. The van der Waals surface area contributed by atoms with Gasteiger partial charge in [-0.15, -0.1) is 0 Å². The first-order chi connectivity index (χ1) is 11.1. The van der Waals surface area contributed by atoms with Gasteiger partial charge < -0.3 is 10.6 Å². The summed E-state index contributed by atoms with van der Waals surface area (Å²) in [5.74, 6) is 0.754. The molecule has 0 saturated carbocycles. The third-order valence-electron chi connectivity index (χ3n) is 2.97. The molecule has 5 nitrogen and oxygen atoms in total. The molecular weight excluding hydrogens is 335 g/mol. The topological polar surface area (TPSA) is 69.8 Å². The monoisotopic (exact) mass is 346 g/mol. The maximum absolute atomic E-state index is 11.8. The van der Waals surface area contributed by atoms with Crippen molar-refractivity contribution >= 4 is 46.3 Å². The molecule has 3 rings (SSSR count). The lowest BCUT2D eigenvalue weighted by Crippen LogP contribution is -2.11. The molecule has 0 amide bonds. The third-order valence-corrected chi connectivity index (χ3v) is 3.47. The standard InChI is InChI=1S/C16H12Cl2N4O/c17-10-1-5-12(6-2-10)19-14-9-15(23)22-16(21-14)20-13-7-3-11(18)4-8-13/h1-9H,(H3,19,20,21,22,23). The molecule has 23 heavy (non-hydrogen) atoms. The molecule has 0 saturated heterocycles. The van der Waals surface area contributed by atoms with Crippen LogP contribution in [0.2, 0.25) is 10.0 Å². The number of H-pyrrole nitrogens is 1. The summed E-state index contributed by atoms with van der Waals surface area (Å²) in [5, 5.41) is 7.35. The van der Waals surface area contributed by atoms with Crippen LogP contribution in [0.4, 0.5) is 23.1 Å². The second-order valence-electron chi connectivity index (χ2n) is 4.74. The summed E-state index contributed by atoms with van der Waals surface area (Å²) in [7, 11) is 0. The van der Waals surface area contributed by atoms with Crippen LogP contribution in [0.1, 0.15) is 0 Å². The van der Waals surface area contributed by atoms with E-state index in [9.17, 15) is 4.79 Å². The number of nitrogens with zero attached hydrogens (tertiary/aromatic N) is 1. The number of rotatable bonds is 4. The van der Waals surface area contributed by atoms with Gasteiger partial charge in [-0.25, -0.2) is 0 Å². The van der Waals surface area contributed by atoms with E-state index in [1.165, 1.54) is 6.07 Å². The van der Waals surface area contributed by atoms with Crippen LogP contribution in [0.15, 0.2) is 59.4 Å². The maximum atomic E-state index is 11.8. The van der Waals surface area contributed by atoms with E-state index in [0.29, 0.717) is 21.8 Å². The molecule has 0 radical (unpaired) electrons. The van der Waals surface area contributed by atoms with Gasteiger partial charge in [-0.1, -0.05) is 23.2 Å². The van der Waals surface area contributed by atoms with Gasteiger partial charge in [0.1, 0.15) is 5.82 Å². The largest absolute Gasteiger partial charge is 0.340 e. The molecule has 116 valence electrons. The van der Waals surface area contributed by atoms with E-state index in [-0.39, 0.29) is 5.56 Å². The Bertz CT molecular complexity index is 792. The first-order valence-electron chi connectivity index (χ1n) is 6.75. The SMILES string of the molecule is O=c1cc(Nc2ccc(Cl)cc2)nc(Nc2ccc(Cl)cc2)[nH]1. The predicted molar refractivity (Wildman–Crippen MR) is 94.3 cm³/mol. The van der Waals surface area contributed by atoms with Gasteiger partial charge in [0.2, 0.25) is 5.95 Å². The van der Waals surface area contributed by atoms with E-state index in [0.717, 1.165) is 11.4 Å². The van der Waals surface area contributed by atoms with E-state index in [1.54, 1.807) is 48.5 Å². The number of nitrogens with one attached hydrogen (secondary N) is 3. The number of hydrogen-bond acceptors (Lipinski definition) is 4. The van der Waals surface area contributed by atoms with Gasteiger partial charge in [-0.3, -0.25) is 9.78 Å². The van der Waals surface area contributed by atoms with Gasteiger partial charge >= 0.3 is 0 Å². The second-order valence-corrected chi connectivity index (χ2v) is 5.62. The lowest BCUT2D eigenvalue weighted by Gasteiger charge is -2.09. The van der Waals surface area contributed by atoms with Crippen molar-refractivity contribution in [1.82, 2.24) is 9.97 Å². The Kier molecular flexibility index (Phi) is 4.50.